The van der Waals surface area contributed by atoms with Crippen LogP contribution in [0.2, 0.25) is 0 Å². The Morgan fingerprint density at radius 2 is 2.06 bits per heavy atom. The van der Waals surface area contributed by atoms with Crippen LogP contribution in [-0.4, -0.2) is 23.5 Å². The molecule has 0 saturated heterocycles. The second-order valence-electron chi connectivity index (χ2n) is 4.08. The van der Waals surface area contributed by atoms with Crippen LogP contribution in [0.25, 0.3) is 10.8 Å². The van der Waals surface area contributed by atoms with Crippen molar-refractivity contribution in [3.05, 3.63) is 41.7 Å². The highest BCUT2D eigenvalue weighted by molar-refractivity contribution is 6.25. The zero-order valence-corrected chi connectivity index (χ0v) is 9.18. The van der Waals surface area contributed by atoms with E-state index in [0.29, 0.717) is 22.0 Å². The number of anilines is 1. The summed E-state index contributed by atoms with van der Waals surface area (Å²) in [6.07, 6.45) is 0. The highest BCUT2D eigenvalue weighted by Crippen LogP contribution is 2.38. The predicted octanol–water partition coefficient (Wildman–Crippen LogP) is 2.02. The molecule has 5 heteroatoms. The van der Waals surface area contributed by atoms with Gasteiger partial charge >= 0.3 is 5.97 Å². The lowest BCUT2D eigenvalue weighted by Gasteiger charge is -2.14. The molecule has 1 aliphatic heterocycles. The number of amides is 1. The fourth-order valence-electron chi connectivity index (χ4n) is 2.30. The summed E-state index contributed by atoms with van der Waals surface area (Å²) in [5.74, 6) is -1.92. The Morgan fingerprint density at radius 3 is 2.78 bits per heavy atom. The molecule has 0 unspecified atom stereocenters. The first-order chi connectivity index (χ1) is 8.59. The summed E-state index contributed by atoms with van der Waals surface area (Å²) in [6, 6.07) is 7.43. The molecule has 1 amide bonds. The molecule has 0 aromatic heterocycles. The van der Waals surface area contributed by atoms with Gasteiger partial charge in [-0.1, -0.05) is 12.1 Å². The highest BCUT2D eigenvalue weighted by atomic mass is 19.1. The molecule has 90 valence electrons. The number of carboxylic acids is 1. The van der Waals surface area contributed by atoms with Crippen molar-refractivity contribution in [2.75, 3.05) is 11.4 Å². The minimum absolute atomic E-state index is 0.339. The molecule has 0 atom stereocenters. The maximum absolute atomic E-state index is 13.6. The molecule has 4 nitrogen and oxygen atoms in total. The van der Waals surface area contributed by atoms with E-state index >= 15 is 0 Å². The molecule has 0 saturated carbocycles. The van der Waals surface area contributed by atoms with Crippen LogP contribution in [0.15, 0.2) is 30.3 Å². The largest absolute Gasteiger partial charge is 0.480 e. The summed E-state index contributed by atoms with van der Waals surface area (Å²) in [4.78, 5) is 24.0. The van der Waals surface area contributed by atoms with Crippen molar-refractivity contribution in [3.8, 4) is 0 Å². The van der Waals surface area contributed by atoms with Gasteiger partial charge in [-0.25, -0.2) is 4.39 Å². The minimum atomic E-state index is -1.10. The van der Waals surface area contributed by atoms with Gasteiger partial charge in [0.15, 0.2) is 0 Å². The summed E-state index contributed by atoms with van der Waals surface area (Å²) in [5, 5.41) is 9.64. The number of carbonyl (C=O) groups excluding carboxylic acids is 1. The predicted molar refractivity (Wildman–Crippen MR) is 63.2 cm³/mol. The summed E-state index contributed by atoms with van der Waals surface area (Å²) in [5.41, 5.74) is 0.803. The van der Waals surface area contributed by atoms with Crippen LogP contribution in [0.4, 0.5) is 10.1 Å². The number of rotatable bonds is 2. The minimum Gasteiger partial charge on any atom is -0.480 e. The smallest absolute Gasteiger partial charge is 0.323 e. The average Bonchev–Trinajstić information content (AvgIpc) is 2.60. The lowest BCUT2D eigenvalue weighted by molar-refractivity contribution is -0.135. The number of nitrogens with zero attached hydrogens (tertiary/aromatic N) is 1. The van der Waals surface area contributed by atoms with Gasteiger partial charge in [0.25, 0.3) is 5.91 Å². The zero-order chi connectivity index (χ0) is 12.9. The van der Waals surface area contributed by atoms with Crippen LogP contribution in [0.3, 0.4) is 0 Å². The number of hydrogen-bond donors (Lipinski definition) is 1. The number of hydrogen-bond acceptors (Lipinski definition) is 2. The Hall–Kier alpha value is -2.43. The molecular formula is C13H8FNO3. The SMILES string of the molecule is O=C(O)CN1C(=O)c2cccc3c(F)ccc1c23. The molecular weight excluding hydrogens is 237 g/mol. The van der Waals surface area contributed by atoms with Gasteiger partial charge in [-0.2, -0.15) is 0 Å². The van der Waals surface area contributed by atoms with E-state index in [9.17, 15) is 14.0 Å². The molecule has 1 aliphatic rings. The second kappa shape index (κ2) is 3.53. The average molecular weight is 245 g/mol. The number of carboxylic acid groups (broad SMARTS) is 1. The standard InChI is InChI=1S/C13H8FNO3/c14-9-4-5-10-12-7(9)2-1-3-8(12)13(18)15(10)6-11(16)17/h1-5H,6H2,(H,16,17). The van der Waals surface area contributed by atoms with Gasteiger partial charge in [0.2, 0.25) is 0 Å². The number of benzene rings is 2. The molecule has 1 N–H and O–H groups in total. The summed E-state index contributed by atoms with van der Waals surface area (Å²) < 4.78 is 13.6. The van der Waals surface area contributed by atoms with Crippen molar-refractivity contribution >= 4 is 28.3 Å². The Kier molecular flexibility index (Phi) is 2.10. The quantitative estimate of drug-likeness (QED) is 0.880. The van der Waals surface area contributed by atoms with Crippen LogP contribution in [0, 0.1) is 5.82 Å². The summed E-state index contributed by atoms with van der Waals surface area (Å²) in [7, 11) is 0. The Morgan fingerprint density at radius 1 is 1.28 bits per heavy atom. The Bertz CT molecular complexity index is 696. The van der Waals surface area contributed by atoms with E-state index < -0.39 is 24.2 Å². The first-order valence-electron chi connectivity index (χ1n) is 5.34. The molecule has 18 heavy (non-hydrogen) atoms. The normalized spacial score (nSPS) is 13.4. The zero-order valence-electron chi connectivity index (χ0n) is 9.18. The molecule has 0 aliphatic carbocycles. The van der Waals surface area contributed by atoms with Crippen LogP contribution < -0.4 is 4.90 Å². The van der Waals surface area contributed by atoms with E-state index in [1.54, 1.807) is 18.2 Å². The molecule has 0 radical (unpaired) electrons. The number of halogens is 1. The molecule has 0 spiro atoms. The van der Waals surface area contributed by atoms with E-state index in [2.05, 4.69) is 0 Å². The Balaban J connectivity index is 2.30. The molecule has 0 bridgehead atoms. The van der Waals surface area contributed by atoms with Crippen molar-refractivity contribution in [3.63, 3.8) is 0 Å². The van der Waals surface area contributed by atoms with E-state index in [1.807, 2.05) is 0 Å². The van der Waals surface area contributed by atoms with Crippen molar-refractivity contribution in [1.82, 2.24) is 0 Å². The fourth-order valence-corrected chi connectivity index (χ4v) is 2.30. The monoisotopic (exact) mass is 245 g/mol. The molecule has 2 aromatic rings. The first-order valence-corrected chi connectivity index (χ1v) is 5.34. The van der Waals surface area contributed by atoms with Gasteiger partial charge in [-0.05, 0) is 18.2 Å². The van der Waals surface area contributed by atoms with Gasteiger partial charge in [0.1, 0.15) is 12.4 Å². The van der Waals surface area contributed by atoms with Crippen molar-refractivity contribution in [1.29, 1.82) is 0 Å². The van der Waals surface area contributed by atoms with Gasteiger partial charge in [-0.15, -0.1) is 0 Å². The van der Waals surface area contributed by atoms with Gasteiger partial charge < -0.3 is 5.11 Å². The maximum Gasteiger partial charge on any atom is 0.323 e. The van der Waals surface area contributed by atoms with Crippen LogP contribution in [-0.2, 0) is 4.79 Å². The highest BCUT2D eigenvalue weighted by Gasteiger charge is 2.31. The van der Waals surface area contributed by atoms with Crippen molar-refractivity contribution < 1.29 is 19.1 Å². The number of carbonyl (C=O) groups is 2. The fraction of sp³-hybridized carbons (Fsp3) is 0.0769. The van der Waals surface area contributed by atoms with Gasteiger partial charge in [0.05, 0.1) is 5.69 Å². The molecule has 0 fully saturated rings. The van der Waals surface area contributed by atoms with Crippen LogP contribution in [0.5, 0.6) is 0 Å². The van der Waals surface area contributed by atoms with E-state index in [-0.39, 0.29) is 0 Å². The summed E-state index contributed by atoms with van der Waals surface area (Å²) >= 11 is 0. The van der Waals surface area contributed by atoms with E-state index in [4.69, 9.17) is 5.11 Å². The molecule has 2 aromatic carbocycles. The van der Waals surface area contributed by atoms with Gasteiger partial charge in [0, 0.05) is 16.3 Å². The number of aliphatic carboxylic acids is 1. The topological polar surface area (TPSA) is 57.6 Å². The van der Waals surface area contributed by atoms with E-state index in [1.165, 1.54) is 12.1 Å². The van der Waals surface area contributed by atoms with Crippen LogP contribution >= 0.6 is 0 Å². The molecule has 1 heterocycles. The summed E-state index contributed by atoms with van der Waals surface area (Å²) in [6.45, 7) is -0.422. The Labute approximate surface area is 101 Å². The maximum atomic E-state index is 13.6. The molecule has 3 rings (SSSR count). The lowest BCUT2D eigenvalue weighted by atomic mass is 10.1. The third-order valence-electron chi connectivity index (χ3n) is 3.03. The second-order valence-corrected chi connectivity index (χ2v) is 4.08. The van der Waals surface area contributed by atoms with Crippen molar-refractivity contribution in [2.24, 2.45) is 0 Å². The van der Waals surface area contributed by atoms with Crippen molar-refractivity contribution in [2.45, 2.75) is 0 Å². The van der Waals surface area contributed by atoms with Crippen LogP contribution in [0.1, 0.15) is 10.4 Å². The third-order valence-corrected chi connectivity index (χ3v) is 3.03. The first kappa shape index (κ1) is 10.7. The van der Waals surface area contributed by atoms with Gasteiger partial charge in [-0.3, -0.25) is 14.5 Å². The lowest BCUT2D eigenvalue weighted by Crippen LogP contribution is -2.32. The van der Waals surface area contributed by atoms with E-state index in [0.717, 1.165) is 4.90 Å². The third kappa shape index (κ3) is 1.30.